The Morgan fingerprint density at radius 2 is 1.57 bits per heavy atom. The van der Waals surface area contributed by atoms with E-state index in [9.17, 15) is 0 Å². The number of ether oxygens (including phenoxy) is 1. The maximum absolute atomic E-state index is 6.71. The highest BCUT2D eigenvalue weighted by molar-refractivity contribution is 8.01. The molecule has 2 heteroatoms. The third-order valence-corrected chi connectivity index (χ3v) is 8.69. The minimum absolute atomic E-state index is 0.0312. The summed E-state index contributed by atoms with van der Waals surface area (Å²) in [4.78, 5) is -0.0312. The van der Waals surface area contributed by atoms with Crippen LogP contribution < -0.4 is 0 Å². The van der Waals surface area contributed by atoms with Crippen molar-refractivity contribution >= 4 is 11.8 Å². The van der Waals surface area contributed by atoms with E-state index in [4.69, 9.17) is 4.74 Å². The zero-order valence-corrected chi connectivity index (χ0v) is 18.2. The molecule has 4 rings (SSSR count). The van der Waals surface area contributed by atoms with Crippen LogP contribution in [0.2, 0.25) is 0 Å². The highest BCUT2D eigenvalue weighted by Gasteiger charge is 2.63. The maximum Gasteiger partial charge on any atom is 0.120 e. The van der Waals surface area contributed by atoms with Gasteiger partial charge in [0.25, 0.3) is 0 Å². The van der Waals surface area contributed by atoms with Crippen LogP contribution in [0.15, 0.2) is 60.7 Å². The average molecular weight is 395 g/mol. The standard InChI is InChI=1S/C26H34OS/c1-3-4-12-21(2)28-26-18-11-17-25(26,19-20-27-26)24(22-13-7-5-8-14-22)23-15-9-6-10-16-23/h5-10,13-16,21,24H,3-4,11-12,17-20H2,1-2H3. The summed E-state index contributed by atoms with van der Waals surface area (Å²) in [5, 5.41) is 0.655. The molecule has 1 aliphatic carbocycles. The molecular formula is C26H34OS. The van der Waals surface area contributed by atoms with E-state index in [1.165, 1.54) is 56.1 Å². The minimum Gasteiger partial charge on any atom is -0.364 e. The average Bonchev–Trinajstić information content (AvgIpc) is 3.23. The molecule has 3 atom stereocenters. The first-order chi connectivity index (χ1) is 13.7. The molecule has 1 aliphatic heterocycles. The van der Waals surface area contributed by atoms with Crippen molar-refractivity contribution < 1.29 is 4.74 Å². The van der Waals surface area contributed by atoms with Crippen LogP contribution in [0.5, 0.6) is 0 Å². The first kappa shape index (κ1) is 20.0. The normalized spacial score (nSPS) is 27.8. The van der Waals surface area contributed by atoms with Gasteiger partial charge in [0.1, 0.15) is 4.93 Å². The molecule has 2 aromatic rings. The fraction of sp³-hybridized carbons (Fsp3) is 0.538. The second kappa shape index (κ2) is 8.63. The number of unbranched alkanes of at least 4 members (excludes halogenated alkanes) is 1. The number of thioether (sulfide) groups is 1. The fourth-order valence-corrected chi connectivity index (χ4v) is 7.63. The molecule has 0 radical (unpaired) electrons. The largest absolute Gasteiger partial charge is 0.364 e. The molecule has 2 aromatic carbocycles. The number of hydrogen-bond acceptors (Lipinski definition) is 2. The van der Waals surface area contributed by atoms with Gasteiger partial charge in [-0.1, -0.05) is 87.4 Å². The van der Waals surface area contributed by atoms with Gasteiger partial charge in [0, 0.05) is 23.2 Å². The van der Waals surface area contributed by atoms with Crippen LogP contribution in [0, 0.1) is 5.41 Å². The van der Waals surface area contributed by atoms with E-state index in [2.05, 4.69) is 86.3 Å². The molecule has 1 heterocycles. The van der Waals surface area contributed by atoms with Gasteiger partial charge in [-0.25, -0.2) is 0 Å². The van der Waals surface area contributed by atoms with Crippen LogP contribution in [-0.4, -0.2) is 16.8 Å². The third kappa shape index (κ3) is 3.55. The summed E-state index contributed by atoms with van der Waals surface area (Å²) in [7, 11) is 0. The van der Waals surface area contributed by atoms with E-state index in [-0.39, 0.29) is 10.3 Å². The molecule has 0 N–H and O–H groups in total. The van der Waals surface area contributed by atoms with Crippen LogP contribution in [0.25, 0.3) is 0 Å². The van der Waals surface area contributed by atoms with Crippen molar-refractivity contribution in [2.75, 3.05) is 6.61 Å². The Morgan fingerprint density at radius 1 is 0.929 bits per heavy atom. The van der Waals surface area contributed by atoms with E-state index < -0.39 is 0 Å². The van der Waals surface area contributed by atoms with Gasteiger partial charge in [-0.2, -0.15) is 0 Å². The Hall–Kier alpha value is -1.25. The third-order valence-electron chi connectivity index (χ3n) is 6.94. The molecule has 150 valence electrons. The summed E-state index contributed by atoms with van der Waals surface area (Å²) < 4.78 is 6.71. The Bertz CT molecular complexity index is 692. The first-order valence-corrected chi connectivity index (χ1v) is 12.0. The van der Waals surface area contributed by atoms with Crippen LogP contribution in [-0.2, 0) is 4.74 Å². The van der Waals surface area contributed by atoms with Crippen molar-refractivity contribution in [2.45, 2.75) is 74.9 Å². The van der Waals surface area contributed by atoms with E-state index in [0.717, 1.165) is 6.61 Å². The zero-order chi connectivity index (χ0) is 19.5. The molecule has 1 nitrogen and oxygen atoms in total. The number of benzene rings is 2. The minimum atomic E-state index is -0.0312. The molecule has 0 bridgehead atoms. The molecule has 3 unspecified atom stereocenters. The van der Waals surface area contributed by atoms with Crippen molar-refractivity contribution in [3.05, 3.63) is 71.8 Å². The van der Waals surface area contributed by atoms with Gasteiger partial charge in [-0.15, -0.1) is 11.8 Å². The lowest BCUT2D eigenvalue weighted by atomic mass is 9.65. The molecule has 28 heavy (non-hydrogen) atoms. The second-order valence-corrected chi connectivity index (χ2v) is 10.4. The SMILES string of the molecule is CCCCC(C)SC12CCCC1(C(c1ccccc1)c1ccccc1)CCO2. The number of fused-ring (bicyclic) bond motifs is 1. The van der Waals surface area contributed by atoms with E-state index in [1.807, 2.05) is 0 Å². The lowest BCUT2D eigenvalue weighted by molar-refractivity contribution is 0.0301. The highest BCUT2D eigenvalue weighted by Crippen LogP contribution is 2.68. The Morgan fingerprint density at radius 3 is 2.18 bits per heavy atom. The fourth-order valence-electron chi connectivity index (χ4n) is 5.72. The van der Waals surface area contributed by atoms with Gasteiger partial charge in [0.05, 0.1) is 0 Å². The molecule has 1 saturated heterocycles. The Balaban J connectivity index is 1.75. The molecule has 2 aliphatic rings. The zero-order valence-electron chi connectivity index (χ0n) is 17.4. The first-order valence-electron chi connectivity index (χ1n) is 11.1. The quantitative estimate of drug-likeness (QED) is 0.461. The number of hydrogen-bond donors (Lipinski definition) is 0. The Labute approximate surface area is 175 Å². The van der Waals surface area contributed by atoms with Crippen LogP contribution in [0.3, 0.4) is 0 Å². The molecule has 2 fully saturated rings. The summed E-state index contributed by atoms with van der Waals surface area (Å²) in [6.07, 6.45) is 8.82. The van der Waals surface area contributed by atoms with Crippen LogP contribution in [0.4, 0.5) is 0 Å². The van der Waals surface area contributed by atoms with E-state index in [1.54, 1.807) is 0 Å². The molecule has 1 saturated carbocycles. The van der Waals surface area contributed by atoms with Crippen molar-refractivity contribution in [1.29, 1.82) is 0 Å². The van der Waals surface area contributed by atoms with Crippen molar-refractivity contribution in [2.24, 2.45) is 5.41 Å². The van der Waals surface area contributed by atoms with Crippen molar-refractivity contribution in [3.8, 4) is 0 Å². The maximum atomic E-state index is 6.71. The summed E-state index contributed by atoms with van der Waals surface area (Å²) in [5.41, 5.74) is 3.10. The monoisotopic (exact) mass is 394 g/mol. The Kier molecular flexibility index (Phi) is 6.18. The summed E-state index contributed by atoms with van der Waals surface area (Å²) >= 11 is 2.16. The molecule has 0 amide bonds. The molecule has 0 aromatic heterocycles. The predicted octanol–water partition coefficient (Wildman–Crippen LogP) is 7.42. The number of rotatable bonds is 8. The molecular weight excluding hydrogens is 360 g/mol. The van der Waals surface area contributed by atoms with E-state index in [0.29, 0.717) is 11.2 Å². The van der Waals surface area contributed by atoms with Gasteiger partial charge >= 0.3 is 0 Å². The van der Waals surface area contributed by atoms with Gasteiger partial charge in [-0.3, -0.25) is 0 Å². The van der Waals surface area contributed by atoms with Gasteiger partial charge in [0.2, 0.25) is 0 Å². The molecule has 0 spiro atoms. The topological polar surface area (TPSA) is 9.23 Å². The van der Waals surface area contributed by atoms with Gasteiger partial charge in [0.15, 0.2) is 0 Å². The lowest BCUT2D eigenvalue weighted by Gasteiger charge is -2.46. The lowest BCUT2D eigenvalue weighted by Crippen LogP contribution is -2.43. The summed E-state index contributed by atoms with van der Waals surface area (Å²) in [6.45, 7) is 5.62. The van der Waals surface area contributed by atoms with E-state index >= 15 is 0 Å². The smallest absolute Gasteiger partial charge is 0.120 e. The second-order valence-electron chi connectivity index (χ2n) is 8.69. The van der Waals surface area contributed by atoms with Crippen molar-refractivity contribution in [3.63, 3.8) is 0 Å². The summed E-state index contributed by atoms with van der Waals surface area (Å²) in [5.74, 6) is 0.408. The predicted molar refractivity (Wildman–Crippen MR) is 121 cm³/mol. The summed E-state index contributed by atoms with van der Waals surface area (Å²) in [6, 6.07) is 22.4. The van der Waals surface area contributed by atoms with Crippen LogP contribution >= 0.6 is 11.8 Å². The highest BCUT2D eigenvalue weighted by atomic mass is 32.2. The van der Waals surface area contributed by atoms with Gasteiger partial charge in [-0.05, 0) is 43.2 Å². The van der Waals surface area contributed by atoms with Crippen molar-refractivity contribution in [1.82, 2.24) is 0 Å². The van der Waals surface area contributed by atoms with Crippen LogP contribution in [0.1, 0.15) is 75.8 Å². The van der Waals surface area contributed by atoms with Gasteiger partial charge < -0.3 is 4.74 Å².